The van der Waals surface area contributed by atoms with E-state index in [0.717, 1.165) is 22.0 Å². The smallest absolute Gasteiger partial charge is 0.324 e. The Bertz CT molecular complexity index is 1910. The molecule has 11 heteroatoms. The molecule has 0 saturated heterocycles. The molecule has 2 heterocycles. The Morgan fingerprint density at radius 3 is 2.52 bits per heavy atom. The summed E-state index contributed by atoms with van der Waals surface area (Å²) >= 11 is 6.08. The van der Waals surface area contributed by atoms with Crippen LogP contribution < -0.4 is 20.7 Å². The van der Waals surface area contributed by atoms with E-state index in [-0.39, 0.29) is 5.88 Å². The number of hydrogen-bond acceptors (Lipinski definition) is 7. The fourth-order valence-electron chi connectivity index (χ4n) is 4.35. The molecule has 0 radical (unpaired) electrons. The highest BCUT2D eigenvalue weighted by Crippen LogP contribution is 2.34. The summed E-state index contributed by atoms with van der Waals surface area (Å²) < 4.78 is 7.60. The molecule has 4 aromatic carbocycles. The lowest BCUT2D eigenvalue weighted by Crippen LogP contribution is -2.21. The van der Waals surface area contributed by atoms with Crippen LogP contribution in [0.1, 0.15) is 5.56 Å². The van der Waals surface area contributed by atoms with Crippen LogP contribution >= 0.6 is 11.6 Å². The minimum atomic E-state index is -0.505. The molecule has 6 aromatic rings. The van der Waals surface area contributed by atoms with Gasteiger partial charge in [0, 0.05) is 39.8 Å². The maximum atomic E-state index is 13.0. The van der Waals surface area contributed by atoms with Gasteiger partial charge in [-0.15, -0.1) is 5.10 Å². The molecule has 2 amide bonds. The van der Waals surface area contributed by atoms with Crippen molar-refractivity contribution in [2.45, 2.75) is 6.92 Å². The van der Waals surface area contributed by atoms with Gasteiger partial charge in [-0.25, -0.2) is 14.5 Å². The number of nitrogens with zero attached hydrogens (tertiary/aromatic N) is 4. The van der Waals surface area contributed by atoms with Crippen LogP contribution in [0.2, 0.25) is 5.02 Å². The number of aromatic hydroxyl groups is 1. The van der Waals surface area contributed by atoms with Crippen LogP contribution in [0.25, 0.3) is 16.5 Å². The zero-order valence-electron chi connectivity index (χ0n) is 22.2. The van der Waals surface area contributed by atoms with Gasteiger partial charge < -0.3 is 20.5 Å². The lowest BCUT2D eigenvalue weighted by molar-refractivity contribution is 0.262. The second-order valence-electron chi connectivity index (χ2n) is 9.33. The molecule has 0 aliphatic heterocycles. The van der Waals surface area contributed by atoms with Crippen molar-refractivity contribution < 1.29 is 14.6 Å². The minimum Gasteiger partial charge on any atom is -0.492 e. The van der Waals surface area contributed by atoms with Crippen LogP contribution in [-0.4, -0.2) is 30.9 Å². The first-order valence-corrected chi connectivity index (χ1v) is 13.3. The summed E-state index contributed by atoms with van der Waals surface area (Å²) in [6, 6.07) is 28.4. The standard InChI is InChI=1S/C31H24ClN7O3/c1-19-9-11-22(12-10-19)39-27(18-28(40)38-39)36-31(41)35-25-13-14-26(24-8-3-2-7-23(24)25)42-29-15-16-33-30(37-29)34-21-6-4-5-20(32)17-21/h2-18H,1H3,(H,38,40)(H,33,34,37)(H2,35,36,41). The Hall–Kier alpha value is -5.61. The molecular formula is C31H24ClN7O3. The SMILES string of the molecule is Cc1ccc(-n2nc(O)cc2NC(=O)Nc2ccc(Oc3ccnc(Nc4cccc(Cl)c4)n3)c3ccccc23)cc1. The lowest BCUT2D eigenvalue weighted by atomic mass is 10.1. The Morgan fingerprint density at radius 2 is 1.71 bits per heavy atom. The van der Waals surface area contributed by atoms with Crippen LogP contribution in [0.4, 0.5) is 27.9 Å². The molecule has 0 aliphatic carbocycles. The van der Waals surface area contributed by atoms with Crippen molar-refractivity contribution in [2.24, 2.45) is 0 Å². The average Bonchev–Trinajstić information content (AvgIpc) is 3.34. The Labute approximate surface area is 245 Å². The number of amides is 2. The molecule has 0 atom stereocenters. The van der Waals surface area contributed by atoms with Gasteiger partial charge in [-0.1, -0.05) is 59.6 Å². The first kappa shape index (κ1) is 26.6. The van der Waals surface area contributed by atoms with Gasteiger partial charge >= 0.3 is 6.03 Å². The van der Waals surface area contributed by atoms with Crippen LogP contribution in [-0.2, 0) is 0 Å². The highest BCUT2D eigenvalue weighted by molar-refractivity contribution is 6.30. The number of aryl methyl sites for hydroxylation is 1. The number of rotatable bonds is 7. The molecule has 2 aromatic heterocycles. The van der Waals surface area contributed by atoms with Gasteiger partial charge in [-0.3, -0.25) is 5.32 Å². The quantitative estimate of drug-likeness (QED) is 0.153. The minimum absolute atomic E-state index is 0.214. The van der Waals surface area contributed by atoms with Gasteiger partial charge in [-0.05, 0) is 49.4 Å². The van der Waals surface area contributed by atoms with Crippen molar-refractivity contribution in [3.05, 3.63) is 114 Å². The molecule has 0 spiro atoms. The lowest BCUT2D eigenvalue weighted by Gasteiger charge is -2.14. The number of benzene rings is 4. The summed E-state index contributed by atoms with van der Waals surface area (Å²) in [5.74, 6) is 1.33. The summed E-state index contributed by atoms with van der Waals surface area (Å²) in [5.41, 5.74) is 3.08. The average molecular weight is 578 g/mol. The number of aromatic nitrogens is 4. The van der Waals surface area contributed by atoms with E-state index in [0.29, 0.717) is 39.8 Å². The number of nitrogens with one attached hydrogen (secondary N) is 3. The number of anilines is 4. The topological polar surface area (TPSA) is 126 Å². The van der Waals surface area contributed by atoms with Gasteiger partial charge in [0.1, 0.15) is 11.6 Å². The van der Waals surface area contributed by atoms with E-state index in [1.807, 2.05) is 67.6 Å². The fraction of sp³-hybridized carbons (Fsp3) is 0.0323. The first-order valence-electron chi connectivity index (χ1n) is 12.9. The van der Waals surface area contributed by atoms with Gasteiger partial charge in [0.05, 0.1) is 11.4 Å². The molecule has 42 heavy (non-hydrogen) atoms. The van der Waals surface area contributed by atoms with E-state index in [2.05, 4.69) is 31.0 Å². The molecule has 10 nitrogen and oxygen atoms in total. The van der Waals surface area contributed by atoms with E-state index < -0.39 is 6.03 Å². The third-order valence-corrected chi connectivity index (χ3v) is 6.51. The zero-order chi connectivity index (χ0) is 29.1. The maximum Gasteiger partial charge on any atom is 0.324 e. The molecule has 0 unspecified atom stereocenters. The van der Waals surface area contributed by atoms with Crippen LogP contribution in [0.3, 0.4) is 0 Å². The normalized spacial score (nSPS) is 10.8. The van der Waals surface area contributed by atoms with Crippen LogP contribution in [0, 0.1) is 6.92 Å². The molecule has 0 aliphatic rings. The predicted octanol–water partition coefficient (Wildman–Crippen LogP) is 7.66. The summed E-state index contributed by atoms with van der Waals surface area (Å²) in [4.78, 5) is 21.8. The van der Waals surface area contributed by atoms with Crippen molar-refractivity contribution in [1.29, 1.82) is 0 Å². The number of carbonyl (C=O) groups is 1. The maximum absolute atomic E-state index is 13.0. The molecular weight excluding hydrogens is 554 g/mol. The van der Waals surface area contributed by atoms with Crippen molar-refractivity contribution in [2.75, 3.05) is 16.0 Å². The molecule has 0 saturated carbocycles. The summed E-state index contributed by atoms with van der Waals surface area (Å²) in [5, 5.41) is 25.0. The number of halogens is 1. The van der Waals surface area contributed by atoms with Gasteiger partial charge in [0.15, 0.2) is 0 Å². The van der Waals surface area contributed by atoms with Crippen LogP contribution in [0.15, 0.2) is 103 Å². The van der Waals surface area contributed by atoms with Gasteiger partial charge in [0.25, 0.3) is 0 Å². The third kappa shape index (κ3) is 5.93. The second kappa shape index (κ2) is 11.5. The first-order chi connectivity index (χ1) is 20.4. The summed E-state index contributed by atoms with van der Waals surface area (Å²) in [6.07, 6.45) is 1.59. The number of carbonyl (C=O) groups excluding carboxylic acids is 1. The fourth-order valence-corrected chi connectivity index (χ4v) is 4.54. The number of ether oxygens (including phenoxy) is 1. The van der Waals surface area contributed by atoms with Crippen molar-refractivity contribution in [3.63, 3.8) is 0 Å². The highest BCUT2D eigenvalue weighted by Gasteiger charge is 2.15. The van der Waals surface area contributed by atoms with Crippen molar-refractivity contribution in [1.82, 2.24) is 19.7 Å². The Balaban J connectivity index is 1.21. The molecule has 6 rings (SSSR count). The zero-order valence-corrected chi connectivity index (χ0v) is 23.0. The monoisotopic (exact) mass is 577 g/mol. The van der Waals surface area contributed by atoms with E-state index in [1.165, 1.54) is 10.7 Å². The van der Waals surface area contributed by atoms with E-state index >= 15 is 0 Å². The Morgan fingerprint density at radius 1 is 0.905 bits per heavy atom. The third-order valence-electron chi connectivity index (χ3n) is 6.27. The Kier molecular flexibility index (Phi) is 7.27. The van der Waals surface area contributed by atoms with E-state index in [1.54, 1.807) is 36.5 Å². The largest absolute Gasteiger partial charge is 0.492 e. The van der Waals surface area contributed by atoms with Crippen molar-refractivity contribution >= 4 is 51.5 Å². The highest BCUT2D eigenvalue weighted by atomic mass is 35.5. The summed E-state index contributed by atoms with van der Waals surface area (Å²) in [6.45, 7) is 1.97. The van der Waals surface area contributed by atoms with E-state index in [4.69, 9.17) is 16.3 Å². The number of fused-ring (bicyclic) bond motifs is 1. The summed E-state index contributed by atoms with van der Waals surface area (Å²) in [7, 11) is 0. The number of urea groups is 1. The predicted molar refractivity (Wildman–Crippen MR) is 163 cm³/mol. The van der Waals surface area contributed by atoms with Crippen molar-refractivity contribution in [3.8, 4) is 23.2 Å². The molecule has 4 N–H and O–H groups in total. The molecule has 0 fully saturated rings. The van der Waals surface area contributed by atoms with Gasteiger partial charge in [-0.2, -0.15) is 4.98 Å². The molecule has 208 valence electrons. The van der Waals surface area contributed by atoms with E-state index in [9.17, 15) is 9.90 Å². The number of hydrogen-bond donors (Lipinski definition) is 4. The van der Waals surface area contributed by atoms with Gasteiger partial charge in [0.2, 0.25) is 17.7 Å². The second-order valence-corrected chi connectivity index (χ2v) is 9.76. The molecule has 0 bridgehead atoms. The van der Waals surface area contributed by atoms with Crippen LogP contribution in [0.5, 0.6) is 17.5 Å².